The number of ether oxygens (including phenoxy) is 3. The van der Waals surface area contributed by atoms with E-state index in [1.54, 1.807) is 24.3 Å². The number of methoxy groups -OCH3 is 3. The van der Waals surface area contributed by atoms with Crippen molar-refractivity contribution in [1.29, 1.82) is 0 Å². The topological polar surface area (TPSA) is 45.0 Å². The largest absolute Gasteiger partial charge is 0.493 e. The van der Waals surface area contributed by atoms with Crippen LogP contribution in [0.2, 0.25) is 0 Å². The third-order valence-corrected chi connectivity index (χ3v) is 6.00. The molecule has 0 aliphatic heterocycles. The summed E-state index contributed by atoms with van der Waals surface area (Å²) in [6, 6.07) is 12.9. The minimum atomic E-state index is -0.768. The van der Waals surface area contributed by atoms with Gasteiger partial charge in [0.1, 0.15) is 17.3 Å². The number of hydrogen-bond donors (Lipinski definition) is 0. The molecule has 0 radical (unpaired) electrons. The van der Waals surface area contributed by atoms with Crippen LogP contribution in [0.3, 0.4) is 0 Å². The predicted molar refractivity (Wildman–Crippen MR) is 124 cm³/mol. The lowest BCUT2D eigenvalue weighted by Gasteiger charge is -2.15. The van der Waals surface area contributed by atoms with Crippen LogP contribution in [-0.4, -0.2) is 25.9 Å². The highest BCUT2D eigenvalue weighted by Gasteiger charge is 2.17. The van der Waals surface area contributed by atoms with E-state index in [1.807, 2.05) is 9.95 Å². The Morgan fingerprint density at radius 3 is 2.06 bits per heavy atom. The molecular formula is C25H21F3N2O3S. The van der Waals surface area contributed by atoms with Crippen molar-refractivity contribution < 1.29 is 27.4 Å². The molecule has 34 heavy (non-hydrogen) atoms. The van der Waals surface area contributed by atoms with Crippen molar-refractivity contribution in [3.8, 4) is 28.5 Å². The van der Waals surface area contributed by atoms with Crippen LogP contribution in [0.1, 0.15) is 5.56 Å². The molecule has 3 aromatic carbocycles. The highest BCUT2D eigenvalue weighted by molar-refractivity contribution is 7.07. The van der Waals surface area contributed by atoms with Gasteiger partial charge in [-0.25, -0.2) is 18.2 Å². The van der Waals surface area contributed by atoms with Gasteiger partial charge in [-0.3, -0.25) is 0 Å². The van der Waals surface area contributed by atoms with Gasteiger partial charge in [0, 0.05) is 17.0 Å². The van der Waals surface area contributed by atoms with Crippen LogP contribution in [0.5, 0.6) is 17.2 Å². The number of nitrogens with zero attached hydrogens (tertiary/aromatic N) is 2. The van der Waals surface area contributed by atoms with E-state index in [0.29, 0.717) is 28.6 Å². The second-order valence-electron chi connectivity index (χ2n) is 7.24. The van der Waals surface area contributed by atoms with Crippen molar-refractivity contribution in [1.82, 2.24) is 4.57 Å². The lowest BCUT2D eigenvalue weighted by molar-refractivity contribution is 0.324. The van der Waals surface area contributed by atoms with Crippen molar-refractivity contribution >= 4 is 17.0 Å². The molecule has 0 amide bonds. The molecule has 0 aliphatic rings. The van der Waals surface area contributed by atoms with Gasteiger partial charge >= 0.3 is 0 Å². The van der Waals surface area contributed by atoms with Gasteiger partial charge in [-0.05, 0) is 42.0 Å². The number of hydrogen-bond acceptors (Lipinski definition) is 5. The summed E-state index contributed by atoms with van der Waals surface area (Å²) in [5.74, 6) is -0.399. The summed E-state index contributed by atoms with van der Waals surface area (Å²) in [6.45, 7) is 0.331. The highest BCUT2D eigenvalue weighted by atomic mass is 32.1. The number of halogens is 3. The van der Waals surface area contributed by atoms with E-state index in [1.165, 1.54) is 50.9 Å². The van der Waals surface area contributed by atoms with E-state index in [9.17, 15) is 13.2 Å². The van der Waals surface area contributed by atoms with Gasteiger partial charge in [0.2, 0.25) is 5.75 Å². The van der Waals surface area contributed by atoms with Gasteiger partial charge in [-0.2, -0.15) is 0 Å². The fourth-order valence-corrected chi connectivity index (χ4v) is 4.40. The Balaban J connectivity index is 1.91. The molecule has 0 bridgehead atoms. The summed E-state index contributed by atoms with van der Waals surface area (Å²) in [7, 11) is 4.58. The molecule has 0 atom stereocenters. The van der Waals surface area contributed by atoms with Gasteiger partial charge < -0.3 is 18.8 Å². The summed E-state index contributed by atoms with van der Waals surface area (Å²) in [5, 5.41) is 1.87. The maximum absolute atomic E-state index is 14.3. The van der Waals surface area contributed by atoms with Crippen molar-refractivity contribution in [3.63, 3.8) is 0 Å². The number of aromatic nitrogens is 1. The maximum Gasteiger partial charge on any atom is 0.203 e. The first-order chi connectivity index (χ1) is 16.4. The van der Waals surface area contributed by atoms with Crippen LogP contribution in [0.4, 0.5) is 18.9 Å². The molecule has 0 saturated carbocycles. The Morgan fingerprint density at radius 2 is 1.47 bits per heavy atom. The molecule has 0 fully saturated rings. The predicted octanol–water partition coefficient (Wildman–Crippen LogP) is 5.94. The Labute approximate surface area is 198 Å². The van der Waals surface area contributed by atoms with E-state index in [-0.39, 0.29) is 11.5 Å². The van der Waals surface area contributed by atoms with Gasteiger partial charge in [0.15, 0.2) is 22.1 Å². The molecule has 4 rings (SSSR count). The molecule has 0 unspecified atom stereocenters. The molecule has 0 N–H and O–H groups in total. The van der Waals surface area contributed by atoms with Crippen molar-refractivity contribution in [2.45, 2.75) is 6.54 Å². The first-order valence-electron chi connectivity index (χ1n) is 10.2. The SMILES string of the molecule is COc1cc(-c2csc(=Nc3ccc(F)cc3F)n2Cc2ccc(F)cc2)cc(OC)c1OC. The number of thiazole rings is 1. The molecule has 0 saturated heterocycles. The van der Waals surface area contributed by atoms with Gasteiger partial charge in [-0.1, -0.05) is 12.1 Å². The van der Waals surface area contributed by atoms with Crippen molar-refractivity contribution in [2.24, 2.45) is 4.99 Å². The molecule has 1 heterocycles. The van der Waals surface area contributed by atoms with Crippen LogP contribution in [0.15, 0.2) is 65.0 Å². The Morgan fingerprint density at radius 1 is 0.824 bits per heavy atom. The van der Waals surface area contributed by atoms with Gasteiger partial charge in [0.05, 0.1) is 33.6 Å². The minimum absolute atomic E-state index is 0.00699. The maximum atomic E-state index is 14.3. The van der Waals surface area contributed by atoms with E-state index >= 15 is 0 Å². The van der Waals surface area contributed by atoms with Crippen LogP contribution in [0, 0.1) is 17.5 Å². The molecule has 4 aromatic rings. The van der Waals surface area contributed by atoms with E-state index in [2.05, 4.69) is 4.99 Å². The summed E-state index contributed by atoms with van der Waals surface area (Å²) in [6.07, 6.45) is 0. The number of rotatable bonds is 7. The standard InChI is InChI=1S/C25H21F3N2O3S/c1-31-22-10-16(11-23(32-2)24(22)33-3)21-14-34-25(29-20-9-8-18(27)12-19(20)28)30(21)13-15-4-6-17(26)7-5-15/h4-12,14H,13H2,1-3H3. The Kier molecular flexibility index (Phi) is 6.93. The van der Waals surface area contributed by atoms with E-state index in [4.69, 9.17) is 14.2 Å². The smallest absolute Gasteiger partial charge is 0.203 e. The van der Waals surface area contributed by atoms with Crippen LogP contribution in [-0.2, 0) is 6.54 Å². The molecule has 5 nitrogen and oxygen atoms in total. The summed E-state index contributed by atoms with van der Waals surface area (Å²) < 4.78 is 59.4. The first-order valence-corrected chi connectivity index (χ1v) is 11.0. The second-order valence-corrected chi connectivity index (χ2v) is 8.07. The number of benzene rings is 3. The van der Waals surface area contributed by atoms with Crippen LogP contribution < -0.4 is 19.0 Å². The first kappa shape index (κ1) is 23.4. The summed E-state index contributed by atoms with van der Waals surface area (Å²) in [5.41, 5.74) is 2.31. The zero-order valence-corrected chi connectivity index (χ0v) is 19.5. The monoisotopic (exact) mass is 486 g/mol. The van der Waals surface area contributed by atoms with Gasteiger partial charge in [0.25, 0.3) is 0 Å². The molecule has 1 aromatic heterocycles. The zero-order chi connectivity index (χ0) is 24.2. The fraction of sp³-hybridized carbons (Fsp3) is 0.160. The summed E-state index contributed by atoms with van der Waals surface area (Å²) in [4.78, 5) is 4.91. The van der Waals surface area contributed by atoms with Crippen LogP contribution >= 0.6 is 11.3 Å². The molecule has 0 spiro atoms. The van der Waals surface area contributed by atoms with Gasteiger partial charge in [-0.15, -0.1) is 11.3 Å². The second kappa shape index (κ2) is 10.0. The quantitative estimate of drug-likeness (QED) is 0.325. The third-order valence-electron chi connectivity index (χ3n) is 5.14. The van der Waals surface area contributed by atoms with Crippen molar-refractivity contribution in [2.75, 3.05) is 21.3 Å². The lowest BCUT2D eigenvalue weighted by atomic mass is 10.1. The third kappa shape index (κ3) is 4.79. The molecule has 176 valence electrons. The Hall–Kier alpha value is -3.72. The normalized spacial score (nSPS) is 11.5. The lowest BCUT2D eigenvalue weighted by Crippen LogP contribution is -2.17. The Bertz CT molecular complexity index is 1360. The summed E-state index contributed by atoms with van der Waals surface area (Å²) >= 11 is 1.29. The fourth-order valence-electron chi connectivity index (χ4n) is 3.48. The van der Waals surface area contributed by atoms with Crippen LogP contribution in [0.25, 0.3) is 11.3 Å². The van der Waals surface area contributed by atoms with E-state index in [0.717, 1.165) is 29.0 Å². The zero-order valence-electron chi connectivity index (χ0n) is 18.6. The molecule has 0 aliphatic carbocycles. The minimum Gasteiger partial charge on any atom is -0.493 e. The average molecular weight is 487 g/mol. The highest BCUT2D eigenvalue weighted by Crippen LogP contribution is 2.41. The van der Waals surface area contributed by atoms with Crippen molar-refractivity contribution in [3.05, 3.63) is 87.8 Å². The van der Waals surface area contributed by atoms with E-state index < -0.39 is 11.6 Å². The molecular weight excluding hydrogens is 465 g/mol. The average Bonchev–Trinajstić information content (AvgIpc) is 3.23. The molecule has 9 heteroatoms.